The topological polar surface area (TPSA) is 43.8 Å². The first-order valence-corrected chi connectivity index (χ1v) is 6.76. The second-order valence-electron chi connectivity index (χ2n) is 4.41. The largest absolute Gasteiger partial charge is 0.369 e. The van der Waals surface area contributed by atoms with Crippen LogP contribution in [-0.2, 0) is 0 Å². The lowest BCUT2D eigenvalue weighted by Crippen LogP contribution is -2.08. The van der Waals surface area contributed by atoms with Gasteiger partial charge in [0.1, 0.15) is 0 Å². The van der Waals surface area contributed by atoms with Crippen molar-refractivity contribution in [2.45, 2.75) is 31.7 Å². The van der Waals surface area contributed by atoms with Crippen LogP contribution in [0.1, 0.15) is 31.7 Å². The van der Waals surface area contributed by atoms with Gasteiger partial charge < -0.3 is 10.3 Å². The Kier molecular flexibility index (Phi) is 2.53. The number of hydrogen-bond donors (Lipinski definition) is 1. The van der Waals surface area contributed by atoms with E-state index in [-0.39, 0.29) is 0 Å². The number of fused-ring (bicyclic) bond motifs is 1. The van der Waals surface area contributed by atoms with Crippen molar-refractivity contribution in [3.05, 3.63) is 21.8 Å². The Morgan fingerprint density at radius 2 is 2.06 bits per heavy atom. The number of nitrogens with zero attached hydrogens (tertiary/aromatic N) is 2. The fourth-order valence-electron chi connectivity index (χ4n) is 2.63. The van der Waals surface area contributed by atoms with E-state index in [9.17, 15) is 0 Å². The fraction of sp³-hybridized carbons (Fsp3) is 0.417. The summed E-state index contributed by atoms with van der Waals surface area (Å²) in [6.07, 6.45) is 5.10. The predicted molar refractivity (Wildman–Crippen MR) is 74.4 cm³/mol. The third-order valence-electron chi connectivity index (χ3n) is 3.37. The van der Waals surface area contributed by atoms with Crippen molar-refractivity contribution >= 4 is 39.6 Å². The number of anilines is 1. The van der Waals surface area contributed by atoms with Gasteiger partial charge in [-0.1, -0.05) is 12.8 Å². The zero-order valence-corrected chi connectivity index (χ0v) is 11.1. The van der Waals surface area contributed by atoms with Gasteiger partial charge in [-0.15, -0.1) is 0 Å². The molecular formula is C12H14IN3. The van der Waals surface area contributed by atoms with Crippen molar-refractivity contribution in [3.8, 4) is 0 Å². The van der Waals surface area contributed by atoms with Gasteiger partial charge in [0.2, 0.25) is 5.95 Å². The maximum absolute atomic E-state index is 6.03. The zero-order valence-electron chi connectivity index (χ0n) is 8.99. The Labute approximate surface area is 108 Å². The Morgan fingerprint density at radius 3 is 2.81 bits per heavy atom. The molecule has 4 heteroatoms. The van der Waals surface area contributed by atoms with Crippen LogP contribution < -0.4 is 5.73 Å². The number of aromatic nitrogens is 2. The number of rotatable bonds is 1. The SMILES string of the molecule is Nc1nc2ccc(I)cc2n1C1CCCC1. The molecule has 0 bridgehead atoms. The minimum absolute atomic E-state index is 0.559. The Balaban J connectivity index is 2.20. The lowest BCUT2D eigenvalue weighted by Gasteiger charge is -2.14. The molecule has 0 atom stereocenters. The minimum Gasteiger partial charge on any atom is -0.369 e. The van der Waals surface area contributed by atoms with Crippen molar-refractivity contribution < 1.29 is 0 Å². The summed E-state index contributed by atoms with van der Waals surface area (Å²) in [6, 6.07) is 6.87. The maximum atomic E-state index is 6.03. The van der Waals surface area contributed by atoms with E-state index in [0.29, 0.717) is 12.0 Å². The van der Waals surface area contributed by atoms with Gasteiger partial charge in [0.25, 0.3) is 0 Å². The standard InChI is InChI=1S/C12H14IN3/c13-8-5-6-10-11(7-8)16(12(14)15-10)9-3-1-2-4-9/h5-7,9H,1-4H2,(H2,14,15). The Hall–Kier alpha value is -0.780. The van der Waals surface area contributed by atoms with Crippen molar-refractivity contribution in [3.63, 3.8) is 0 Å². The molecule has 16 heavy (non-hydrogen) atoms. The highest BCUT2D eigenvalue weighted by Crippen LogP contribution is 2.34. The molecule has 1 fully saturated rings. The minimum atomic E-state index is 0.559. The molecule has 0 radical (unpaired) electrons. The summed E-state index contributed by atoms with van der Waals surface area (Å²) in [5, 5.41) is 0. The van der Waals surface area contributed by atoms with E-state index in [0.717, 1.165) is 5.52 Å². The van der Waals surface area contributed by atoms with Crippen LogP contribution >= 0.6 is 22.6 Å². The van der Waals surface area contributed by atoms with E-state index in [1.54, 1.807) is 0 Å². The Morgan fingerprint density at radius 1 is 1.31 bits per heavy atom. The second-order valence-corrected chi connectivity index (χ2v) is 5.66. The molecule has 0 unspecified atom stereocenters. The van der Waals surface area contributed by atoms with Crippen LogP contribution in [0.3, 0.4) is 0 Å². The molecule has 1 aromatic carbocycles. The van der Waals surface area contributed by atoms with Gasteiger partial charge in [-0.2, -0.15) is 0 Å². The molecular weight excluding hydrogens is 313 g/mol. The monoisotopic (exact) mass is 327 g/mol. The predicted octanol–water partition coefficient (Wildman–Crippen LogP) is 3.34. The fourth-order valence-corrected chi connectivity index (χ4v) is 3.11. The van der Waals surface area contributed by atoms with Gasteiger partial charge in [-0.05, 0) is 53.6 Å². The average molecular weight is 327 g/mol. The summed E-state index contributed by atoms with van der Waals surface area (Å²) in [6.45, 7) is 0. The van der Waals surface area contributed by atoms with Gasteiger partial charge in [0.15, 0.2) is 0 Å². The van der Waals surface area contributed by atoms with Crippen molar-refractivity contribution in [1.82, 2.24) is 9.55 Å². The number of halogens is 1. The van der Waals surface area contributed by atoms with E-state index in [1.165, 1.54) is 34.8 Å². The van der Waals surface area contributed by atoms with E-state index in [4.69, 9.17) is 5.73 Å². The van der Waals surface area contributed by atoms with Crippen molar-refractivity contribution in [1.29, 1.82) is 0 Å². The van der Waals surface area contributed by atoms with Gasteiger partial charge in [-0.3, -0.25) is 0 Å². The first-order valence-electron chi connectivity index (χ1n) is 5.68. The highest BCUT2D eigenvalue weighted by molar-refractivity contribution is 14.1. The number of hydrogen-bond acceptors (Lipinski definition) is 2. The summed E-state index contributed by atoms with van der Waals surface area (Å²) < 4.78 is 3.47. The quantitative estimate of drug-likeness (QED) is 0.817. The van der Waals surface area contributed by atoms with Gasteiger partial charge >= 0.3 is 0 Å². The van der Waals surface area contributed by atoms with E-state index < -0.39 is 0 Å². The molecule has 0 spiro atoms. The van der Waals surface area contributed by atoms with Crippen LogP contribution in [0.2, 0.25) is 0 Å². The van der Waals surface area contributed by atoms with Crippen molar-refractivity contribution in [2.24, 2.45) is 0 Å². The highest BCUT2D eigenvalue weighted by Gasteiger charge is 2.21. The molecule has 0 aliphatic heterocycles. The molecule has 0 amide bonds. The summed E-state index contributed by atoms with van der Waals surface area (Å²) in [5.41, 5.74) is 8.24. The van der Waals surface area contributed by atoms with E-state index in [1.807, 2.05) is 0 Å². The molecule has 1 aromatic heterocycles. The molecule has 2 aromatic rings. The van der Waals surface area contributed by atoms with Crippen LogP contribution in [0.25, 0.3) is 11.0 Å². The number of benzene rings is 1. The Bertz CT molecular complexity index is 526. The summed E-state index contributed by atoms with van der Waals surface area (Å²) in [4.78, 5) is 4.44. The van der Waals surface area contributed by atoms with Crippen LogP contribution in [0.4, 0.5) is 5.95 Å². The van der Waals surface area contributed by atoms with Crippen molar-refractivity contribution in [2.75, 3.05) is 5.73 Å². The lowest BCUT2D eigenvalue weighted by atomic mass is 10.2. The molecule has 3 nitrogen and oxygen atoms in total. The molecule has 1 saturated carbocycles. The molecule has 84 valence electrons. The lowest BCUT2D eigenvalue weighted by molar-refractivity contribution is 0.539. The second kappa shape index (κ2) is 3.91. The van der Waals surface area contributed by atoms with Crippen LogP contribution in [0.5, 0.6) is 0 Å². The molecule has 2 N–H and O–H groups in total. The summed E-state index contributed by atoms with van der Waals surface area (Å²) in [5.74, 6) is 0.670. The molecule has 0 saturated heterocycles. The summed E-state index contributed by atoms with van der Waals surface area (Å²) in [7, 11) is 0. The third-order valence-corrected chi connectivity index (χ3v) is 4.04. The molecule has 1 heterocycles. The molecule has 1 aliphatic rings. The van der Waals surface area contributed by atoms with Gasteiger partial charge in [0.05, 0.1) is 11.0 Å². The van der Waals surface area contributed by atoms with E-state index in [2.05, 4.69) is 50.3 Å². The maximum Gasteiger partial charge on any atom is 0.201 e. The third kappa shape index (κ3) is 1.59. The normalized spacial score (nSPS) is 17.3. The molecule has 3 rings (SSSR count). The first-order chi connectivity index (χ1) is 7.75. The first kappa shape index (κ1) is 10.4. The smallest absolute Gasteiger partial charge is 0.201 e. The number of nitrogen functional groups attached to an aromatic ring is 1. The number of nitrogens with two attached hydrogens (primary N) is 1. The van der Waals surface area contributed by atoms with Crippen LogP contribution in [0.15, 0.2) is 18.2 Å². The average Bonchev–Trinajstić information content (AvgIpc) is 2.83. The van der Waals surface area contributed by atoms with Gasteiger partial charge in [-0.25, -0.2) is 4.98 Å². The zero-order chi connectivity index (χ0) is 11.1. The van der Waals surface area contributed by atoms with Gasteiger partial charge in [0, 0.05) is 9.61 Å². The highest BCUT2D eigenvalue weighted by atomic mass is 127. The van der Waals surface area contributed by atoms with E-state index >= 15 is 0 Å². The van der Waals surface area contributed by atoms with Crippen LogP contribution in [-0.4, -0.2) is 9.55 Å². The number of imidazole rings is 1. The molecule has 1 aliphatic carbocycles. The summed E-state index contributed by atoms with van der Waals surface area (Å²) >= 11 is 2.34. The van der Waals surface area contributed by atoms with Crippen LogP contribution in [0, 0.1) is 3.57 Å².